The molecular weight excluding hydrogens is 140 g/mol. The van der Waals surface area contributed by atoms with E-state index >= 15 is 0 Å². The summed E-state index contributed by atoms with van der Waals surface area (Å²) in [6, 6.07) is 0.295. The summed E-state index contributed by atoms with van der Waals surface area (Å²) in [5.74, 6) is 0.312. The Labute approximate surface area is 69.0 Å². The van der Waals surface area contributed by atoms with E-state index in [0.717, 1.165) is 0 Å². The highest BCUT2D eigenvalue weighted by atomic mass is 16.3. The lowest BCUT2D eigenvalue weighted by atomic mass is 10.1. The molecular formula is C8H20N2O. The Balaban J connectivity index is 3.37. The highest BCUT2D eigenvalue weighted by Crippen LogP contribution is 1.98. The van der Waals surface area contributed by atoms with E-state index in [1.54, 1.807) is 0 Å². The molecule has 0 saturated heterocycles. The Bertz CT molecular complexity index is 96.1. The van der Waals surface area contributed by atoms with Crippen LogP contribution in [-0.2, 0) is 0 Å². The van der Waals surface area contributed by atoms with Gasteiger partial charge < -0.3 is 16.2 Å². The molecule has 0 aliphatic heterocycles. The summed E-state index contributed by atoms with van der Waals surface area (Å²) in [7, 11) is 0. The van der Waals surface area contributed by atoms with Gasteiger partial charge in [0.25, 0.3) is 0 Å². The molecule has 0 fully saturated rings. The van der Waals surface area contributed by atoms with Crippen LogP contribution in [0.25, 0.3) is 0 Å². The van der Waals surface area contributed by atoms with E-state index in [-0.39, 0.29) is 6.10 Å². The molecule has 2 unspecified atom stereocenters. The molecule has 0 bridgehead atoms. The molecule has 0 aliphatic carbocycles. The van der Waals surface area contributed by atoms with Gasteiger partial charge in [-0.2, -0.15) is 0 Å². The Morgan fingerprint density at radius 2 is 1.91 bits per heavy atom. The fourth-order valence-corrected chi connectivity index (χ4v) is 0.641. The quantitative estimate of drug-likeness (QED) is 0.528. The van der Waals surface area contributed by atoms with Crippen molar-refractivity contribution in [3.63, 3.8) is 0 Å². The minimum atomic E-state index is -0.260. The van der Waals surface area contributed by atoms with Gasteiger partial charge in [0.15, 0.2) is 0 Å². The van der Waals surface area contributed by atoms with E-state index < -0.39 is 0 Å². The second-order valence-corrected chi connectivity index (χ2v) is 3.36. The van der Waals surface area contributed by atoms with Crippen LogP contribution in [0.4, 0.5) is 0 Å². The maximum absolute atomic E-state index is 9.37. The molecule has 0 aliphatic rings. The summed E-state index contributed by atoms with van der Waals surface area (Å²) in [5.41, 5.74) is 5.39. The summed E-state index contributed by atoms with van der Waals surface area (Å²) in [6.45, 7) is 7.26. The van der Waals surface area contributed by atoms with E-state index in [2.05, 4.69) is 5.32 Å². The third-order valence-corrected chi connectivity index (χ3v) is 1.80. The summed E-state index contributed by atoms with van der Waals surface area (Å²) in [5, 5.41) is 12.5. The molecule has 2 atom stereocenters. The molecule has 0 aromatic carbocycles. The Kier molecular flexibility index (Phi) is 5.46. The number of aliphatic hydroxyl groups is 1. The number of hydrogen-bond acceptors (Lipinski definition) is 3. The fourth-order valence-electron chi connectivity index (χ4n) is 0.641. The lowest BCUT2D eigenvalue weighted by Crippen LogP contribution is -2.39. The van der Waals surface area contributed by atoms with Crippen molar-refractivity contribution in [2.45, 2.75) is 32.9 Å². The monoisotopic (exact) mass is 160 g/mol. The fraction of sp³-hybridized carbons (Fsp3) is 1.00. The van der Waals surface area contributed by atoms with E-state index in [9.17, 15) is 5.11 Å². The van der Waals surface area contributed by atoms with E-state index in [1.165, 1.54) is 0 Å². The molecule has 0 spiro atoms. The molecule has 0 rings (SSSR count). The first-order valence-electron chi connectivity index (χ1n) is 4.19. The van der Waals surface area contributed by atoms with Gasteiger partial charge in [-0.05, 0) is 12.8 Å². The molecule has 3 nitrogen and oxygen atoms in total. The van der Waals surface area contributed by atoms with Crippen molar-refractivity contribution in [1.29, 1.82) is 0 Å². The number of aliphatic hydroxyl groups excluding tert-OH is 1. The van der Waals surface area contributed by atoms with Crippen LogP contribution in [0, 0.1) is 5.92 Å². The van der Waals surface area contributed by atoms with Crippen molar-refractivity contribution < 1.29 is 5.11 Å². The highest BCUT2D eigenvalue weighted by molar-refractivity contribution is 4.67. The Hall–Kier alpha value is -0.120. The minimum Gasteiger partial charge on any atom is -0.392 e. The van der Waals surface area contributed by atoms with Crippen LogP contribution >= 0.6 is 0 Å². The molecule has 0 aromatic rings. The van der Waals surface area contributed by atoms with Gasteiger partial charge in [0.1, 0.15) is 0 Å². The Morgan fingerprint density at radius 1 is 1.36 bits per heavy atom. The van der Waals surface area contributed by atoms with Gasteiger partial charge in [-0.15, -0.1) is 0 Å². The van der Waals surface area contributed by atoms with Crippen molar-refractivity contribution in [1.82, 2.24) is 5.32 Å². The van der Waals surface area contributed by atoms with Crippen LogP contribution in [-0.4, -0.2) is 30.3 Å². The molecule has 3 heteroatoms. The molecule has 11 heavy (non-hydrogen) atoms. The summed E-state index contributed by atoms with van der Waals surface area (Å²) >= 11 is 0. The predicted molar refractivity (Wildman–Crippen MR) is 47.4 cm³/mol. The maximum Gasteiger partial charge on any atom is 0.0687 e. The molecule has 0 radical (unpaired) electrons. The van der Waals surface area contributed by atoms with Gasteiger partial charge >= 0.3 is 0 Å². The molecule has 0 aromatic heterocycles. The topological polar surface area (TPSA) is 58.3 Å². The number of nitrogens with two attached hydrogens (primary N) is 1. The molecule has 0 saturated carbocycles. The summed E-state index contributed by atoms with van der Waals surface area (Å²) < 4.78 is 0. The number of hydrogen-bond donors (Lipinski definition) is 3. The molecule has 4 N–H and O–H groups in total. The predicted octanol–water partition coefficient (Wildman–Crippen LogP) is -0.0599. The third-order valence-electron chi connectivity index (χ3n) is 1.80. The highest BCUT2D eigenvalue weighted by Gasteiger charge is 2.09. The minimum absolute atomic E-state index is 0.260. The smallest absolute Gasteiger partial charge is 0.0687 e. The molecule has 68 valence electrons. The first-order valence-corrected chi connectivity index (χ1v) is 4.19. The van der Waals surface area contributed by atoms with Crippen molar-refractivity contribution >= 4 is 0 Å². The largest absolute Gasteiger partial charge is 0.392 e. The lowest BCUT2D eigenvalue weighted by molar-refractivity contribution is 0.121. The van der Waals surface area contributed by atoms with Gasteiger partial charge in [-0.25, -0.2) is 0 Å². The van der Waals surface area contributed by atoms with Crippen LogP contribution in [0.3, 0.4) is 0 Å². The van der Waals surface area contributed by atoms with Crippen molar-refractivity contribution in [2.75, 3.05) is 13.1 Å². The van der Waals surface area contributed by atoms with Gasteiger partial charge in [0.05, 0.1) is 6.10 Å². The average molecular weight is 160 g/mol. The van der Waals surface area contributed by atoms with Crippen LogP contribution in [0.15, 0.2) is 0 Å². The van der Waals surface area contributed by atoms with E-state index in [0.29, 0.717) is 25.0 Å². The van der Waals surface area contributed by atoms with E-state index in [1.807, 2.05) is 20.8 Å². The van der Waals surface area contributed by atoms with Crippen LogP contribution in [0.5, 0.6) is 0 Å². The Morgan fingerprint density at radius 3 is 2.27 bits per heavy atom. The maximum atomic E-state index is 9.37. The van der Waals surface area contributed by atoms with Crippen LogP contribution < -0.4 is 11.1 Å². The first kappa shape index (κ1) is 10.9. The van der Waals surface area contributed by atoms with Crippen molar-refractivity contribution in [2.24, 2.45) is 11.7 Å². The zero-order valence-corrected chi connectivity index (χ0v) is 7.67. The van der Waals surface area contributed by atoms with Crippen molar-refractivity contribution in [3.8, 4) is 0 Å². The van der Waals surface area contributed by atoms with Crippen LogP contribution in [0.1, 0.15) is 20.8 Å². The lowest BCUT2D eigenvalue weighted by Gasteiger charge is -2.17. The summed E-state index contributed by atoms with van der Waals surface area (Å²) in [6.07, 6.45) is -0.260. The van der Waals surface area contributed by atoms with Gasteiger partial charge in [-0.1, -0.05) is 13.8 Å². The number of nitrogens with one attached hydrogen (secondary N) is 1. The second kappa shape index (κ2) is 5.52. The third kappa shape index (κ3) is 5.18. The van der Waals surface area contributed by atoms with E-state index in [4.69, 9.17) is 5.73 Å². The SMILES string of the molecule is CC(CN)NCC(O)C(C)C. The molecule has 0 heterocycles. The zero-order valence-electron chi connectivity index (χ0n) is 7.67. The second-order valence-electron chi connectivity index (χ2n) is 3.36. The molecule has 0 amide bonds. The zero-order chi connectivity index (χ0) is 8.85. The normalized spacial score (nSPS) is 16.9. The summed E-state index contributed by atoms with van der Waals surface area (Å²) in [4.78, 5) is 0. The standard InChI is InChI=1S/C8H20N2O/c1-6(2)8(11)5-10-7(3)4-9/h6-8,10-11H,4-5,9H2,1-3H3. The first-order chi connectivity index (χ1) is 5.07. The van der Waals surface area contributed by atoms with Gasteiger partial charge in [-0.3, -0.25) is 0 Å². The number of rotatable bonds is 5. The average Bonchev–Trinajstić information content (AvgIpc) is 1.99. The van der Waals surface area contributed by atoms with Crippen molar-refractivity contribution in [3.05, 3.63) is 0 Å². The van der Waals surface area contributed by atoms with Crippen LogP contribution in [0.2, 0.25) is 0 Å². The van der Waals surface area contributed by atoms with Gasteiger partial charge in [0, 0.05) is 19.1 Å². The van der Waals surface area contributed by atoms with Gasteiger partial charge in [0.2, 0.25) is 0 Å².